The number of aromatic nitrogens is 4. The van der Waals surface area contributed by atoms with E-state index in [2.05, 4.69) is 24.8 Å². The molecule has 1 saturated carbocycles. The monoisotopic (exact) mass is 406 g/mol. The maximum atomic E-state index is 12.9. The molecule has 3 heterocycles. The number of nitrogens with zero attached hydrogens (tertiary/aromatic N) is 6. The third-order valence-electron chi connectivity index (χ3n) is 6.24. The first-order valence-corrected chi connectivity index (χ1v) is 10.6. The Morgan fingerprint density at radius 2 is 1.77 bits per heavy atom. The van der Waals surface area contributed by atoms with Gasteiger partial charge in [-0.05, 0) is 31.0 Å². The molecule has 1 aliphatic carbocycles. The summed E-state index contributed by atoms with van der Waals surface area (Å²) in [6.45, 7) is 3.35. The van der Waals surface area contributed by atoms with Gasteiger partial charge in [-0.1, -0.05) is 12.8 Å². The van der Waals surface area contributed by atoms with E-state index in [0.29, 0.717) is 23.3 Å². The van der Waals surface area contributed by atoms with Crippen molar-refractivity contribution in [2.45, 2.75) is 31.7 Å². The minimum absolute atomic E-state index is 0.0819. The average Bonchev–Trinajstić information content (AvgIpc) is 3.34. The summed E-state index contributed by atoms with van der Waals surface area (Å²) in [6.07, 6.45) is 8.00. The summed E-state index contributed by atoms with van der Waals surface area (Å²) >= 11 is 0. The number of piperazine rings is 1. The molecule has 5 rings (SSSR count). The average molecular weight is 406 g/mol. The number of hydrogen-bond donors (Lipinski definition) is 0. The van der Waals surface area contributed by atoms with Crippen LogP contribution in [0.2, 0.25) is 0 Å². The highest BCUT2D eigenvalue weighted by Crippen LogP contribution is 2.29. The summed E-state index contributed by atoms with van der Waals surface area (Å²) in [7, 11) is 1.61. The summed E-state index contributed by atoms with van der Waals surface area (Å²) < 4.78 is 7.04. The zero-order valence-electron chi connectivity index (χ0n) is 17.2. The number of methoxy groups -OCH3 is 1. The Kier molecular flexibility index (Phi) is 4.98. The van der Waals surface area contributed by atoms with Crippen molar-refractivity contribution < 1.29 is 4.74 Å². The van der Waals surface area contributed by atoms with Gasteiger partial charge in [0.15, 0.2) is 0 Å². The number of benzene rings is 1. The lowest BCUT2D eigenvalue weighted by Crippen LogP contribution is -2.47. The van der Waals surface area contributed by atoms with Gasteiger partial charge in [-0.3, -0.25) is 9.36 Å². The molecule has 1 aliphatic heterocycles. The van der Waals surface area contributed by atoms with Gasteiger partial charge in [-0.2, -0.15) is 4.98 Å². The van der Waals surface area contributed by atoms with Gasteiger partial charge in [0.25, 0.3) is 5.56 Å². The van der Waals surface area contributed by atoms with Crippen molar-refractivity contribution in [3.63, 3.8) is 0 Å². The molecule has 0 atom stereocenters. The topological polar surface area (TPSA) is 76.4 Å². The Labute approximate surface area is 175 Å². The van der Waals surface area contributed by atoms with E-state index in [9.17, 15) is 4.79 Å². The fraction of sp³-hybridized carbons (Fsp3) is 0.455. The van der Waals surface area contributed by atoms with E-state index >= 15 is 0 Å². The molecule has 0 amide bonds. The van der Waals surface area contributed by atoms with Gasteiger partial charge in [0.05, 0.1) is 24.3 Å². The normalized spacial score (nSPS) is 17.6. The van der Waals surface area contributed by atoms with Crippen LogP contribution in [0.4, 0.5) is 11.6 Å². The van der Waals surface area contributed by atoms with E-state index in [1.54, 1.807) is 25.7 Å². The Hall–Kier alpha value is -3.16. The van der Waals surface area contributed by atoms with Crippen LogP contribution in [0.3, 0.4) is 0 Å². The van der Waals surface area contributed by atoms with E-state index < -0.39 is 0 Å². The summed E-state index contributed by atoms with van der Waals surface area (Å²) in [5.41, 5.74) is 1.95. The van der Waals surface area contributed by atoms with Crippen molar-refractivity contribution in [2.75, 3.05) is 43.1 Å². The van der Waals surface area contributed by atoms with Gasteiger partial charge in [0.2, 0.25) is 11.8 Å². The Balaban J connectivity index is 1.33. The number of fused-ring (bicyclic) bond motifs is 1. The standard InChI is InChI=1S/C22H26N6O2/c1-30-20-8-9-23-22(25-20)27-12-10-26(11-13-27)17-6-7-18-19(14-17)24-15-28(21(18)29)16-4-2-3-5-16/h6-9,14-16H,2-5,10-13H2,1H3. The number of rotatable bonds is 4. The zero-order chi connectivity index (χ0) is 20.5. The van der Waals surface area contributed by atoms with Crippen LogP contribution in [0.15, 0.2) is 41.6 Å². The van der Waals surface area contributed by atoms with Crippen molar-refractivity contribution in [1.29, 1.82) is 0 Å². The molecule has 2 aliphatic rings. The quantitative estimate of drug-likeness (QED) is 0.659. The van der Waals surface area contributed by atoms with Crippen LogP contribution in [-0.2, 0) is 0 Å². The molecule has 8 nitrogen and oxygen atoms in total. The first-order valence-electron chi connectivity index (χ1n) is 10.6. The third-order valence-corrected chi connectivity index (χ3v) is 6.24. The molecule has 3 aromatic rings. The van der Waals surface area contributed by atoms with Crippen molar-refractivity contribution in [1.82, 2.24) is 19.5 Å². The summed E-state index contributed by atoms with van der Waals surface area (Å²) in [5, 5.41) is 0.705. The minimum Gasteiger partial charge on any atom is -0.481 e. The van der Waals surface area contributed by atoms with Gasteiger partial charge < -0.3 is 14.5 Å². The predicted molar refractivity (Wildman–Crippen MR) is 117 cm³/mol. The predicted octanol–water partition coefficient (Wildman–Crippen LogP) is 2.64. The number of hydrogen-bond acceptors (Lipinski definition) is 7. The SMILES string of the molecule is COc1ccnc(N2CCN(c3ccc4c(=O)n(C5CCCC5)cnc4c3)CC2)n1. The van der Waals surface area contributed by atoms with Crippen molar-refractivity contribution in [3.05, 3.63) is 47.1 Å². The summed E-state index contributed by atoms with van der Waals surface area (Å²) in [5.74, 6) is 1.27. The second-order valence-electron chi connectivity index (χ2n) is 7.97. The van der Waals surface area contributed by atoms with Gasteiger partial charge in [-0.25, -0.2) is 9.97 Å². The number of ether oxygens (including phenoxy) is 1. The van der Waals surface area contributed by atoms with E-state index in [0.717, 1.165) is 50.2 Å². The highest BCUT2D eigenvalue weighted by Gasteiger charge is 2.22. The highest BCUT2D eigenvalue weighted by atomic mass is 16.5. The van der Waals surface area contributed by atoms with Gasteiger partial charge in [0.1, 0.15) is 0 Å². The van der Waals surface area contributed by atoms with Gasteiger partial charge in [0, 0.05) is 50.2 Å². The zero-order valence-corrected chi connectivity index (χ0v) is 17.2. The van der Waals surface area contributed by atoms with Crippen LogP contribution in [0.5, 0.6) is 5.88 Å². The van der Waals surface area contributed by atoms with Crippen molar-refractivity contribution in [3.8, 4) is 5.88 Å². The first kappa shape index (κ1) is 18.8. The molecular weight excluding hydrogens is 380 g/mol. The second-order valence-corrected chi connectivity index (χ2v) is 7.97. The summed E-state index contributed by atoms with van der Waals surface area (Å²) in [4.78, 5) is 30.8. The lowest BCUT2D eigenvalue weighted by atomic mass is 10.1. The van der Waals surface area contributed by atoms with Gasteiger partial charge in [-0.15, -0.1) is 0 Å². The molecular formula is C22H26N6O2. The molecule has 0 spiro atoms. The molecule has 0 bridgehead atoms. The van der Waals surface area contributed by atoms with E-state index in [1.807, 2.05) is 22.8 Å². The first-order chi connectivity index (χ1) is 14.7. The van der Waals surface area contributed by atoms with Gasteiger partial charge >= 0.3 is 0 Å². The molecule has 0 unspecified atom stereocenters. The van der Waals surface area contributed by atoms with Crippen molar-refractivity contribution >= 4 is 22.5 Å². The van der Waals surface area contributed by atoms with Crippen LogP contribution < -0.4 is 20.1 Å². The minimum atomic E-state index is 0.0819. The fourth-order valence-corrected chi connectivity index (χ4v) is 4.53. The third kappa shape index (κ3) is 3.46. The molecule has 2 fully saturated rings. The molecule has 1 aromatic carbocycles. The lowest BCUT2D eigenvalue weighted by Gasteiger charge is -2.36. The molecule has 0 N–H and O–H groups in total. The lowest BCUT2D eigenvalue weighted by molar-refractivity contribution is 0.396. The largest absolute Gasteiger partial charge is 0.481 e. The molecule has 0 radical (unpaired) electrons. The van der Waals surface area contributed by atoms with Crippen LogP contribution in [0, 0.1) is 0 Å². The Bertz CT molecular complexity index is 1100. The molecule has 30 heavy (non-hydrogen) atoms. The summed E-state index contributed by atoms with van der Waals surface area (Å²) in [6, 6.07) is 8.07. The van der Waals surface area contributed by atoms with Crippen LogP contribution in [0.25, 0.3) is 10.9 Å². The van der Waals surface area contributed by atoms with E-state index in [1.165, 1.54) is 12.8 Å². The second kappa shape index (κ2) is 7.93. The fourth-order valence-electron chi connectivity index (χ4n) is 4.53. The maximum absolute atomic E-state index is 12.9. The Morgan fingerprint density at radius 1 is 1.00 bits per heavy atom. The Morgan fingerprint density at radius 3 is 2.53 bits per heavy atom. The van der Waals surface area contributed by atoms with E-state index in [-0.39, 0.29) is 5.56 Å². The molecule has 2 aromatic heterocycles. The number of anilines is 2. The maximum Gasteiger partial charge on any atom is 0.261 e. The molecule has 8 heteroatoms. The highest BCUT2D eigenvalue weighted by molar-refractivity contribution is 5.81. The molecule has 1 saturated heterocycles. The smallest absolute Gasteiger partial charge is 0.261 e. The van der Waals surface area contributed by atoms with Crippen LogP contribution in [0.1, 0.15) is 31.7 Å². The van der Waals surface area contributed by atoms with E-state index in [4.69, 9.17) is 4.74 Å². The van der Waals surface area contributed by atoms with Crippen LogP contribution >= 0.6 is 0 Å². The molecule has 156 valence electrons. The van der Waals surface area contributed by atoms with Crippen LogP contribution in [-0.4, -0.2) is 52.8 Å². The van der Waals surface area contributed by atoms with Crippen molar-refractivity contribution in [2.24, 2.45) is 0 Å².